The zero-order valence-corrected chi connectivity index (χ0v) is 22.4. The molecule has 6 nitrogen and oxygen atoms in total. The highest BCUT2D eigenvalue weighted by Crippen LogP contribution is 2.31. The van der Waals surface area contributed by atoms with Crippen LogP contribution in [-0.4, -0.2) is 58.2 Å². The molecule has 0 radical (unpaired) electrons. The van der Waals surface area contributed by atoms with Crippen LogP contribution in [0.5, 0.6) is 0 Å². The van der Waals surface area contributed by atoms with Crippen molar-refractivity contribution in [1.82, 2.24) is 24.9 Å². The number of carbonyl (C=O) groups is 1. The molecular weight excluding hydrogens is 469 g/mol. The van der Waals surface area contributed by atoms with Crippen molar-refractivity contribution in [3.8, 4) is 0 Å². The Bertz CT molecular complexity index is 891. The maximum Gasteiger partial charge on any atom is 0.222 e. The Balaban J connectivity index is 0.00000204. The van der Waals surface area contributed by atoms with E-state index in [1.165, 1.54) is 18.5 Å². The summed E-state index contributed by atoms with van der Waals surface area (Å²) in [6, 6.07) is 11.4. The number of amides is 1. The second-order valence-corrected chi connectivity index (χ2v) is 9.79. The summed E-state index contributed by atoms with van der Waals surface area (Å²) < 4.78 is 1.94. The SMILES string of the molecule is CCn1cc(CN(C)C(=O)CCC[C@H]2NC[C@@H]3C[C@H]2CN(Cc2ccccc2)C3)c(C)n1.Cl.Cl. The van der Waals surface area contributed by atoms with E-state index >= 15 is 0 Å². The standard InChI is InChI=1S/C26H39N5O.2ClH/c1-4-31-19-24(20(2)28-31)17-29(3)26(32)12-8-11-25-23-13-22(14-27-25)16-30(18-23)15-21-9-6-5-7-10-21;;/h5-7,9-10,19,22-23,25,27H,4,8,11-18H2,1-3H3;2*1H/t22-,23-,25+;;/m0../s1. The Hall–Kier alpha value is -1.60. The fraction of sp³-hybridized carbons (Fsp3) is 0.615. The number of carbonyl (C=O) groups excluding carboxylic acids is 1. The minimum Gasteiger partial charge on any atom is -0.341 e. The molecule has 4 rings (SSSR count). The summed E-state index contributed by atoms with van der Waals surface area (Å²) in [6.07, 6.45) is 6.06. The third kappa shape index (κ3) is 7.45. The van der Waals surface area contributed by atoms with Crippen LogP contribution in [0.3, 0.4) is 0 Å². The molecule has 2 bridgehead atoms. The van der Waals surface area contributed by atoms with E-state index in [0.29, 0.717) is 24.9 Å². The Labute approximate surface area is 217 Å². The Morgan fingerprint density at radius 3 is 2.68 bits per heavy atom. The quantitative estimate of drug-likeness (QED) is 0.547. The van der Waals surface area contributed by atoms with Crippen molar-refractivity contribution in [2.24, 2.45) is 11.8 Å². The van der Waals surface area contributed by atoms with Gasteiger partial charge in [0.2, 0.25) is 5.91 Å². The highest BCUT2D eigenvalue weighted by molar-refractivity contribution is 5.85. The maximum atomic E-state index is 12.7. The Morgan fingerprint density at radius 2 is 1.97 bits per heavy atom. The molecule has 0 saturated carbocycles. The van der Waals surface area contributed by atoms with Gasteiger partial charge in [0.25, 0.3) is 0 Å². The fourth-order valence-electron chi connectivity index (χ4n) is 5.47. The molecule has 0 aliphatic carbocycles. The molecule has 2 fully saturated rings. The third-order valence-electron chi connectivity index (χ3n) is 7.24. The summed E-state index contributed by atoms with van der Waals surface area (Å²) in [5.74, 6) is 1.69. The van der Waals surface area contributed by atoms with Crippen LogP contribution >= 0.6 is 24.8 Å². The molecule has 1 aromatic heterocycles. The van der Waals surface area contributed by atoms with Gasteiger partial charge in [-0.3, -0.25) is 14.4 Å². The van der Waals surface area contributed by atoms with Crippen molar-refractivity contribution in [1.29, 1.82) is 0 Å². The van der Waals surface area contributed by atoms with Gasteiger partial charge in [0, 0.05) is 64.0 Å². The smallest absolute Gasteiger partial charge is 0.222 e. The Kier molecular flexibility index (Phi) is 11.4. The van der Waals surface area contributed by atoms with Crippen molar-refractivity contribution in [2.45, 2.75) is 65.2 Å². The van der Waals surface area contributed by atoms with Gasteiger partial charge in [0.1, 0.15) is 0 Å². The van der Waals surface area contributed by atoms with E-state index in [1.54, 1.807) is 0 Å². The van der Waals surface area contributed by atoms with Crippen LogP contribution in [0.25, 0.3) is 0 Å². The van der Waals surface area contributed by atoms with Crippen molar-refractivity contribution >= 4 is 30.7 Å². The first-order chi connectivity index (χ1) is 15.5. The number of hydrogen-bond donors (Lipinski definition) is 1. The van der Waals surface area contributed by atoms with Crippen LogP contribution in [-0.2, 0) is 24.4 Å². The number of likely N-dealkylation sites (tertiary alicyclic amines) is 1. The number of aryl methyl sites for hydroxylation is 2. The lowest BCUT2D eigenvalue weighted by Crippen LogP contribution is -2.55. The van der Waals surface area contributed by atoms with Gasteiger partial charge in [-0.15, -0.1) is 24.8 Å². The molecule has 3 atom stereocenters. The number of piperidine rings is 2. The number of aromatic nitrogens is 2. The van der Waals surface area contributed by atoms with Crippen LogP contribution in [0.1, 0.15) is 49.4 Å². The highest BCUT2D eigenvalue weighted by Gasteiger charge is 2.36. The lowest BCUT2D eigenvalue weighted by molar-refractivity contribution is -0.130. The van der Waals surface area contributed by atoms with Crippen LogP contribution < -0.4 is 5.32 Å². The van der Waals surface area contributed by atoms with E-state index in [1.807, 2.05) is 23.6 Å². The van der Waals surface area contributed by atoms with Crippen LogP contribution in [0.15, 0.2) is 36.5 Å². The molecule has 2 aromatic rings. The predicted molar refractivity (Wildman–Crippen MR) is 143 cm³/mol. The van der Waals surface area contributed by atoms with E-state index in [0.717, 1.165) is 56.2 Å². The summed E-state index contributed by atoms with van der Waals surface area (Å²) in [4.78, 5) is 17.2. The number of hydrogen-bond acceptors (Lipinski definition) is 4. The number of benzene rings is 1. The molecule has 1 aromatic carbocycles. The fourth-order valence-corrected chi connectivity index (χ4v) is 5.47. The zero-order valence-electron chi connectivity index (χ0n) is 20.8. The first kappa shape index (κ1) is 28.6. The third-order valence-corrected chi connectivity index (χ3v) is 7.24. The molecule has 190 valence electrons. The van der Waals surface area contributed by atoms with Crippen LogP contribution in [0.2, 0.25) is 0 Å². The average molecular weight is 511 g/mol. The summed E-state index contributed by atoms with van der Waals surface area (Å²) in [5.41, 5.74) is 3.57. The normalized spacial score (nSPS) is 21.9. The minimum absolute atomic E-state index is 0. The van der Waals surface area contributed by atoms with Gasteiger partial charge in [0.05, 0.1) is 5.69 Å². The molecule has 34 heavy (non-hydrogen) atoms. The average Bonchev–Trinajstić information content (AvgIpc) is 3.15. The first-order valence-corrected chi connectivity index (χ1v) is 12.3. The molecule has 1 amide bonds. The van der Waals surface area contributed by atoms with Gasteiger partial charge in [-0.1, -0.05) is 30.3 Å². The summed E-state index contributed by atoms with van der Waals surface area (Å²) >= 11 is 0. The van der Waals surface area contributed by atoms with Crippen LogP contribution in [0, 0.1) is 18.8 Å². The largest absolute Gasteiger partial charge is 0.341 e. The summed E-state index contributed by atoms with van der Waals surface area (Å²) in [7, 11) is 1.91. The van der Waals surface area contributed by atoms with Crippen molar-refractivity contribution in [3.05, 3.63) is 53.3 Å². The van der Waals surface area contributed by atoms with Crippen molar-refractivity contribution in [2.75, 3.05) is 26.7 Å². The Morgan fingerprint density at radius 1 is 1.21 bits per heavy atom. The minimum atomic E-state index is 0. The van der Waals surface area contributed by atoms with Gasteiger partial charge < -0.3 is 10.2 Å². The van der Waals surface area contributed by atoms with Gasteiger partial charge >= 0.3 is 0 Å². The predicted octanol–water partition coefficient (Wildman–Crippen LogP) is 4.29. The van der Waals surface area contributed by atoms with Crippen molar-refractivity contribution in [3.63, 3.8) is 0 Å². The van der Waals surface area contributed by atoms with E-state index in [2.05, 4.69) is 58.8 Å². The number of halogens is 2. The van der Waals surface area contributed by atoms with Crippen LogP contribution in [0.4, 0.5) is 0 Å². The van der Waals surface area contributed by atoms with E-state index in [4.69, 9.17) is 0 Å². The second-order valence-electron chi connectivity index (χ2n) is 9.79. The second kappa shape index (κ2) is 13.5. The summed E-state index contributed by atoms with van der Waals surface area (Å²) in [6.45, 7) is 10.1. The highest BCUT2D eigenvalue weighted by atomic mass is 35.5. The lowest BCUT2D eigenvalue weighted by atomic mass is 9.79. The molecule has 0 unspecified atom stereocenters. The number of rotatable bonds is 9. The lowest BCUT2D eigenvalue weighted by Gasteiger charge is -2.46. The molecule has 2 saturated heterocycles. The molecule has 2 aliphatic heterocycles. The molecule has 8 heteroatoms. The van der Waals surface area contributed by atoms with E-state index < -0.39 is 0 Å². The first-order valence-electron chi connectivity index (χ1n) is 12.3. The van der Waals surface area contributed by atoms with Crippen molar-refractivity contribution < 1.29 is 4.79 Å². The molecule has 2 aliphatic rings. The maximum absolute atomic E-state index is 12.7. The molecule has 3 heterocycles. The van der Waals surface area contributed by atoms with Gasteiger partial charge in [-0.2, -0.15) is 5.10 Å². The zero-order chi connectivity index (χ0) is 22.5. The van der Waals surface area contributed by atoms with Gasteiger partial charge in [-0.05, 0) is 57.1 Å². The monoisotopic (exact) mass is 509 g/mol. The molecule has 1 N–H and O–H groups in total. The van der Waals surface area contributed by atoms with E-state index in [9.17, 15) is 4.79 Å². The number of fused-ring (bicyclic) bond motifs is 2. The number of nitrogens with one attached hydrogen (secondary N) is 1. The van der Waals surface area contributed by atoms with Gasteiger partial charge in [0.15, 0.2) is 0 Å². The molecule has 0 spiro atoms. The number of nitrogens with zero attached hydrogens (tertiary/aromatic N) is 4. The topological polar surface area (TPSA) is 53.4 Å². The molecular formula is C26H41Cl2N5O. The van der Waals surface area contributed by atoms with E-state index in [-0.39, 0.29) is 30.7 Å². The summed E-state index contributed by atoms with van der Waals surface area (Å²) in [5, 5.41) is 8.30. The van der Waals surface area contributed by atoms with Gasteiger partial charge in [-0.25, -0.2) is 0 Å².